The Hall–Kier alpha value is -2.67. The van der Waals surface area contributed by atoms with Crippen molar-refractivity contribution >= 4 is 17.5 Å². The van der Waals surface area contributed by atoms with E-state index < -0.39 is 23.3 Å². The average molecular weight is 316 g/mol. The molecule has 0 aliphatic rings. The Bertz CT molecular complexity index is 722. The number of hydrogen-bond donors (Lipinski definition) is 4. The number of benzene rings is 1. The summed E-state index contributed by atoms with van der Waals surface area (Å²) in [5.74, 6) is -1.85. The number of aromatic amines is 1. The number of rotatable bonds is 5. The number of amides is 2. The summed E-state index contributed by atoms with van der Waals surface area (Å²) in [5, 5.41) is 19.6. The summed E-state index contributed by atoms with van der Waals surface area (Å²) >= 11 is 0. The molecule has 2 aromatic rings. The van der Waals surface area contributed by atoms with Crippen LogP contribution in [0, 0.1) is 6.92 Å². The summed E-state index contributed by atoms with van der Waals surface area (Å²) in [6.07, 6.45) is 0. The normalized spacial score (nSPS) is 14.8. The lowest BCUT2D eigenvalue weighted by Crippen LogP contribution is -2.44. The van der Waals surface area contributed by atoms with E-state index in [2.05, 4.69) is 15.5 Å². The quantitative estimate of drug-likeness (QED) is 0.664. The minimum absolute atomic E-state index is 0.0704. The van der Waals surface area contributed by atoms with Gasteiger partial charge in [-0.3, -0.25) is 14.7 Å². The van der Waals surface area contributed by atoms with Gasteiger partial charge in [0.25, 0.3) is 11.8 Å². The van der Waals surface area contributed by atoms with Gasteiger partial charge in [-0.15, -0.1) is 0 Å². The van der Waals surface area contributed by atoms with Gasteiger partial charge < -0.3 is 16.2 Å². The molecule has 0 spiro atoms. The second-order valence-corrected chi connectivity index (χ2v) is 5.67. The second-order valence-electron chi connectivity index (χ2n) is 5.67. The molecule has 7 heteroatoms. The lowest BCUT2D eigenvalue weighted by atomic mass is 9.84. The number of primary amides is 1. The molecule has 0 saturated carbocycles. The lowest BCUT2D eigenvalue weighted by Gasteiger charge is -2.29. The number of carbonyl (C=O) groups is 2. The molecular weight excluding hydrogens is 296 g/mol. The number of hydrogen-bond acceptors (Lipinski definition) is 4. The van der Waals surface area contributed by atoms with Gasteiger partial charge in [0.2, 0.25) is 0 Å². The zero-order chi connectivity index (χ0) is 17.2. The van der Waals surface area contributed by atoms with Crippen LogP contribution in [0.25, 0.3) is 0 Å². The third-order valence-corrected chi connectivity index (χ3v) is 4.02. The van der Waals surface area contributed by atoms with Crippen LogP contribution in [0.15, 0.2) is 30.3 Å². The van der Waals surface area contributed by atoms with Crippen molar-refractivity contribution in [1.82, 2.24) is 10.2 Å². The first-order valence-corrected chi connectivity index (χ1v) is 7.18. The fourth-order valence-electron chi connectivity index (χ4n) is 2.26. The summed E-state index contributed by atoms with van der Waals surface area (Å²) in [7, 11) is 0. The van der Waals surface area contributed by atoms with Crippen LogP contribution in [-0.4, -0.2) is 32.7 Å². The highest BCUT2D eigenvalue weighted by Gasteiger charge is 2.38. The van der Waals surface area contributed by atoms with Crippen LogP contribution in [0.2, 0.25) is 0 Å². The maximum Gasteiger partial charge on any atom is 0.271 e. The maximum absolute atomic E-state index is 12.5. The summed E-state index contributed by atoms with van der Waals surface area (Å²) in [5.41, 5.74) is 4.97. The lowest BCUT2D eigenvalue weighted by molar-refractivity contribution is -0.134. The number of H-pyrrole nitrogens is 1. The van der Waals surface area contributed by atoms with E-state index in [0.29, 0.717) is 5.69 Å². The molecule has 1 aromatic carbocycles. The predicted octanol–water partition coefficient (Wildman–Crippen LogP) is 1.31. The van der Waals surface area contributed by atoms with Gasteiger partial charge in [-0.2, -0.15) is 5.10 Å². The molecule has 2 amide bonds. The molecule has 0 aliphatic carbocycles. The van der Waals surface area contributed by atoms with Gasteiger partial charge in [-0.25, -0.2) is 0 Å². The van der Waals surface area contributed by atoms with Gasteiger partial charge in [0.05, 0.1) is 11.4 Å². The summed E-state index contributed by atoms with van der Waals surface area (Å²) in [4.78, 5) is 23.9. The number of aryl methyl sites for hydroxylation is 1. The number of nitrogens with one attached hydrogen (secondary N) is 2. The van der Waals surface area contributed by atoms with Crippen molar-refractivity contribution in [2.24, 2.45) is 5.73 Å². The van der Waals surface area contributed by atoms with Crippen LogP contribution in [0.1, 0.15) is 41.5 Å². The molecular formula is C16H20N4O3. The van der Waals surface area contributed by atoms with Crippen LogP contribution in [0.4, 0.5) is 5.69 Å². The Balaban J connectivity index is 2.26. The standard InChI is InChI=1S/C16H20N4O3/c1-9(11-7-5-4-6-8-11)16(3,23)15(22)18-12-10(2)19-20-13(12)14(17)21/h4-9,23H,1-3H3,(H2,17,21)(H,18,22)(H,19,20)/t9-,16-/m0/s1. The molecule has 5 N–H and O–H groups in total. The van der Waals surface area contributed by atoms with E-state index in [-0.39, 0.29) is 11.4 Å². The summed E-state index contributed by atoms with van der Waals surface area (Å²) < 4.78 is 0. The van der Waals surface area contributed by atoms with E-state index in [1.807, 2.05) is 30.3 Å². The smallest absolute Gasteiger partial charge is 0.271 e. The molecule has 1 aromatic heterocycles. The molecule has 23 heavy (non-hydrogen) atoms. The fraction of sp³-hybridized carbons (Fsp3) is 0.312. The Morgan fingerprint density at radius 2 is 1.96 bits per heavy atom. The highest BCUT2D eigenvalue weighted by molar-refractivity contribution is 6.04. The molecule has 1 heterocycles. The molecule has 122 valence electrons. The van der Waals surface area contributed by atoms with Gasteiger partial charge in [0.15, 0.2) is 5.69 Å². The number of carbonyl (C=O) groups excluding carboxylic acids is 2. The maximum atomic E-state index is 12.5. The molecule has 0 radical (unpaired) electrons. The van der Waals surface area contributed by atoms with E-state index in [1.54, 1.807) is 13.8 Å². The minimum atomic E-state index is -1.68. The Kier molecular flexibility index (Phi) is 4.51. The number of aromatic nitrogens is 2. The minimum Gasteiger partial charge on any atom is -0.380 e. The fourth-order valence-corrected chi connectivity index (χ4v) is 2.26. The first kappa shape index (κ1) is 16.7. The Labute approximate surface area is 133 Å². The van der Waals surface area contributed by atoms with Crippen LogP contribution < -0.4 is 11.1 Å². The zero-order valence-corrected chi connectivity index (χ0v) is 13.3. The summed E-state index contributed by atoms with van der Waals surface area (Å²) in [6.45, 7) is 4.83. The van der Waals surface area contributed by atoms with Crippen molar-refractivity contribution in [2.75, 3.05) is 5.32 Å². The van der Waals surface area contributed by atoms with Crippen LogP contribution >= 0.6 is 0 Å². The van der Waals surface area contributed by atoms with Crippen molar-refractivity contribution in [2.45, 2.75) is 32.3 Å². The third kappa shape index (κ3) is 3.24. The summed E-state index contributed by atoms with van der Waals surface area (Å²) in [6, 6.07) is 9.21. The van der Waals surface area contributed by atoms with Crippen molar-refractivity contribution in [3.63, 3.8) is 0 Å². The molecule has 2 rings (SSSR count). The van der Waals surface area contributed by atoms with Gasteiger partial charge in [0.1, 0.15) is 5.60 Å². The van der Waals surface area contributed by atoms with Gasteiger partial charge >= 0.3 is 0 Å². The molecule has 0 bridgehead atoms. The van der Waals surface area contributed by atoms with Crippen molar-refractivity contribution in [1.29, 1.82) is 0 Å². The van der Waals surface area contributed by atoms with Crippen molar-refractivity contribution in [3.8, 4) is 0 Å². The first-order chi connectivity index (χ1) is 10.7. The topological polar surface area (TPSA) is 121 Å². The third-order valence-electron chi connectivity index (χ3n) is 4.02. The molecule has 2 atom stereocenters. The van der Waals surface area contributed by atoms with Crippen molar-refractivity contribution in [3.05, 3.63) is 47.3 Å². The van der Waals surface area contributed by atoms with Crippen LogP contribution in [-0.2, 0) is 4.79 Å². The van der Waals surface area contributed by atoms with Gasteiger partial charge in [-0.05, 0) is 19.4 Å². The van der Waals surface area contributed by atoms with Crippen molar-refractivity contribution < 1.29 is 14.7 Å². The van der Waals surface area contributed by atoms with Gasteiger partial charge in [-0.1, -0.05) is 37.3 Å². The highest BCUT2D eigenvalue weighted by Crippen LogP contribution is 2.29. The first-order valence-electron chi connectivity index (χ1n) is 7.18. The van der Waals surface area contributed by atoms with Crippen LogP contribution in [0.5, 0.6) is 0 Å². The molecule has 0 aliphatic heterocycles. The second kappa shape index (κ2) is 6.21. The van der Waals surface area contributed by atoms with Crippen LogP contribution in [0.3, 0.4) is 0 Å². The number of anilines is 1. The monoisotopic (exact) mass is 316 g/mol. The van der Waals surface area contributed by atoms with Gasteiger partial charge in [0, 0.05) is 5.92 Å². The zero-order valence-electron chi connectivity index (χ0n) is 13.3. The van der Waals surface area contributed by atoms with E-state index in [1.165, 1.54) is 6.92 Å². The Morgan fingerprint density at radius 1 is 1.35 bits per heavy atom. The molecule has 0 unspecified atom stereocenters. The van der Waals surface area contributed by atoms with E-state index in [4.69, 9.17) is 5.73 Å². The SMILES string of the molecule is Cc1[nH]nc(C(N)=O)c1NC(=O)[C@@](C)(O)[C@@H](C)c1ccccc1. The number of aliphatic hydroxyl groups is 1. The average Bonchev–Trinajstić information content (AvgIpc) is 2.88. The molecule has 0 fully saturated rings. The number of nitrogens with zero attached hydrogens (tertiary/aromatic N) is 1. The van der Waals surface area contributed by atoms with E-state index in [0.717, 1.165) is 5.56 Å². The van der Waals surface area contributed by atoms with E-state index >= 15 is 0 Å². The largest absolute Gasteiger partial charge is 0.380 e. The predicted molar refractivity (Wildman–Crippen MR) is 86.0 cm³/mol. The molecule has 0 saturated heterocycles. The molecule has 7 nitrogen and oxygen atoms in total. The highest BCUT2D eigenvalue weighted by atomic mass is 16.3. The number of nitrogens with two attached hydrogens (primary N) is 1. The van der Waals surface area contributed by atoms with E-state index in [9.17, 15) is 14.7 Å². The Morgan fingerprint density at radius 3 is 2.52 bits per heavy atom.